The summed E-state index contributed by atoms with van der Waals surface area (Å²) in [5, 5.41) is 0. The van der Waals surface area contributed by atoms with E-state index in [0.29, 0.717) is 0 Å². The third-order valence-electron chi connectivity index (χ3n) is 7.32. The van der Waals surface area contributed by atoms with Crippen LogP contribution in [0.4, 0.5) is 0 Å². The van der Waals surface area contributed by atoms with Crippen LogP contribution < -0.4 is 0 Å². The van der Waals surface area contributed by atoms with E-state index in [9.17, 15) is 0 Å². The molecule has 0 aromatic heterocycles. The Kier molecular flexibility index (Phi) is 11.9. The zero-order valence-electron chi connectivity index (χ0n) is 21.7. The lowest BCUT2D eigenvalue weighted by molar-refractivity contribution is 0.302. The smallest absolute Gasteiger partial charge is 0.0249 e. The third-order valence-corrected chi connectivity index (χ3v) is 7.32. The molecule has 0 heteroatoms. The second-order valence-corrected chi connectivity index (χ2v) is 10.1. The van der Waals surface area contributed by atoms with Crippen molar-refractivity contribution < 1.29 is 0 Å². The van der Waals surface area contributed by atoms with E-state index < -0.39 is 0 Å². The molecule has 1 saturated carbocycles. The molecule has 0 spiro atoms. The molecule has 0 nitrogen and oxygen atoms in total. The Morgan fingerprint density at radius 2 is 1.12 bits per heavy atom. The van der Waals surface area contributed by atoms with Crippen LogP contribution in [-0.2, 0) is 0 Å². The van der Waals surface area contributed by atoms with Crippen LogP contribution in [0.1, 0.15) is 132 Å². The fourth-order valence-corrected chi connectivity index (χ4v) is 5.07. The zero-order chi connectivity index (χ0) is 23.8. The van der Waals surface area contributed by atoms with E-state index in [4.69, 9.17) is 0 Å². The molecule has 34 heavy (non-hydrogen) atoms. The zero-order valence-corrected chi connectivity index (χ0v) is 21.7. The van der Waals surface area contributed by atoms with Gasteiger partial charge in [0.25, 0.3) is 0 Å². The summed E-state index contributed by atoms with van der Waals surface area (Å²) in [5.74, 6) is 14.9. The monoisotopic (exact) mass is 452 g/mol. The number of rotatable bonds is 10. The molecule has 2 aromatic rings. The molecular weight excluding hydrogens is 408 g/mol. The highest BCUT2D eigenvalue weighted by molar-refractivity contribution is 5.46. The summed E-state index contributed by atoms with van der Waals surface area (Å²) < 4.78 is 0. The molecule has 0 radical (unpaired) electrons. The molecule has 1 aliphatic rings. The van der Waals surface area contributed by atoms with E-state index in [1.54, 1.807) is 0 Å². The SMILES string of the molecule is CCCCCC#Cc1ccc(C#Cc2ccc([C@H]3CC[C@H](CCCCCCC)CC3)cc2)cc1. The molecule has 3 rings (SSSR count). The first-order valence-electron chi connectivity index (χ1n) is 14.0. The van der Waals surface area contributed by atoms with E-state index in [2.05, 4.69) is 86.1 Å². The lowest BCUT2D eigenvalue weighted by Crippen LogP contribution is -2.13. The normalized spacial score (nSPS) is 17.4. The van der Waals surface area contributed by atoms with Gasteiger partial charge in [-0.15, -0.1) is 0 Å². The van der Waals surface area contributed by atoms with Crippen LogP contribution in [0.5, 0.6) is 0 Å². The lowest BCUT2D eigenvalue weighted by Gasteiger charge is -2.29. The molecule has 0 heterocycles. The fourth-order valence-electron chi connectivity index (χ4n) is 5.07. The van der Waals surface area contributed by atoms with Crippen molar-refractivity contribution >= 4 is 0 Å². The topological polar surface area (TPSA) is 0 Å². The first-order chi connectivity index (χ1) is 16.8. The van der Waals surface area contributed by atoms with Crippen LogP contribution in [0.15, 0.2) is 48.5 Å². The van der Waals surface area contributed by atoms with Crippen molar-refractivity contribution in [3.05, 3.63) is 70.8 Å². The van der Waals surface area contributed by atoms with Gasteiger partial charge in [0.2, 0.25) is 0 Å². The van der Waals surface area contributed by atoms with Crippen molar-refractivity contribution in [3.63, 3.8) is 0 Å². The van der Waals surface area contributed by atoms with Crippen molar-refractivity contribution in [1.29, 1.82) is 0 Å². The molecule has 0 unspecified atom stereocenters. The molecule has 0 atom stereocenters. The first kappa shape index (κ1) is 26.2. The molecular formula is C34H44. The summed E-state index contributed by atoms with van der Waals surface area (Å²) in [6, 6.07) is 17.4. The Labute approximate surface area is 210 Å². The summed E-state index contributed by atoms with van der Waals surface area (Å²) >= 11 is 0. The molecule has 0 N–H and O–H groups in total. The second-order valence-electron chi connectivity index (χ2n) is 10.1. The molecule has 1 fully saturated rings. The van der Waals surface area contributed by atoms with Crippen LogP contribution in [0.25, 0.3) is 0 Å². The highest BCUT2D eigenvalue weighted by Crippen LogP contribution is 2.37. The molecule has 2 aromatic carbocycles. The standard InChI is InChI=1S/C34H44/c1-3-5-7-9-11-13-29-15-17-31(18-16-29)19-20-32-23-27-34(28-24-32)33-25-21-30(22-26-33)14-12-10-8-6-4-2/h15-18,23-24,27-28,30,33H,3-10,12,14,21-22,25-26H2,1-2H3/t30-,33-. The lowest BCUT2D eigenvalue weighted by atomic mass is 9.77. The first-order valence-corrected chi connectivity index (χ1v) is 14.0. The minimum absolute atomic E-state index is 0.744. The number of hydrogen-bond acceptors (Lipinski definition) is 0. The second kappa shape index (κ2) is 15.5. The highest BCUT2D eigenvalue weighted by atomic mass is 14.3. The van der Waals surface area contributed by atoms with E-state index in [1.807, 2.05) is 0 Å². The van der Waals surface area contributed by atoms with Gasteiger partial charge in [0.15, 0.2) is 0 Å². The largest absolute Gasteiger partial charge is 0.0979 e. The summed E-state index contributed by atoms with van der Waals surface area (Å²) in [7, 11) is 0. The van der Waals surface area contributed by atoms with E-state index in [0.717, 1.165) is 34.9 Å². The third kappa shape index (κ3) is 9.43. The van der Waals surface area contributed by atoms with Crippen LogP contribution in [0.3, 0.4) is 0 Å². The van der Waals surface area contributed by atoms with Gasteiger partial charge in [-0.25, -0.2) is 0 Å². The average molecular weight is 453 g/mol. The number of benzene rings is 2. The maximum Gasteiger partial charge on any atom is 0.0249 e. The molecule has 180 valence electrons. The maximum atomic E-state index is 3.34. The summed E-state index contributed by atoms with van der Waals surface area (Å²) in [6.07, 6.45) is 18.8. The van der Waals surface area contributed by atoms with Crippen molar-refractivity contribution in [1.82, 2.24) is 0 Å². The number of hydrogen-bond donors (Lipinski definition) is 0. The molecule has 0 saturated heterocycles. The fraction of sp³-hybridized carbons (Fsp3) is 0.529. The predicted octanol–water partition coefficient (Wildman–Crippen LogP) is 9.65. The maximum absolute atomic E-state index is 3.34. The van der Waals surface area contributed by atoms with Crippen LogP contribution in [-0.4, -0.2) is 0 Å². The Hall–Kier alpha value is -2.44. The van der Waals surface area contributed by atoms with E-state index in [1.165, 1.54) is 89.0 Å². The van der Waals surface area contributed by atoms with Gasteiger partial charge in [0.1, 0.15) is 0 Å². The minimum Gasteiger partial charge on any atom is -0.0979 e. The van der Waals surface area contributed by atoms with E-state index >= 15 is 0 Å². The minimum atomic E-state index is 0.744. The van der Waals surface area contributed by atoms with Crippen molar-refractivity contribution in [2.24, 2.45) is 5.92 Å². The summed E-state index contributed by atoms with van der Waals surface area (Å²) in [4.78, 5) is 0. The van der Waals surface area contributed by atoms with Gasteiger partial charge in [-0.3, -0.25) is 0 Å². The van der Waals surface area contributed by atoms with Gasteiger partial charge in [0, 0.05) is 23.1 Å². The van der Waals surface area contributed by atoms with E-state index in [-0.39, 0.29) is 0 Å². The van der Waals surface area contributed by atoms with Crippen molar-refractivity contribution in [3.8, 4) is 23.7 Å². The van der Waals surface area contributed by atoms with Crippen molar-refractivity contribution in [2.75, 3.05) is 0 Å². The predicted molar refractivity (Wildman–Crippen MR) is 148 cm³/mol. The highest BCUT2D eigenvalue weighted by Gasteiger charge is 2.21. The Balaban J connectivity index is 1.43. The molecule has 0 amide bonds. The van der Waals surface area contributed by atoms with Gasteiger partial charge in [-0.1, -0.05) is 101 Å². The summed E-state index contributed by atoms with van der Waals surface area (Å²) in [6.45, 7) is 4.52. The van der Waals surface area contributed by atoms with Gasteiger partial charge < -0.3 is 0 Å². The summed E-state index contributed by atoms with van der Waals surface area (Å²) in [5.41, 5.74) is 4.74. The Morgan fingerprint density at radius 1 is 0.588 bits per heavy atom. The van der Waals surface area contributed by atoms with Crippen LogP contribution >= 0.6 is 0 Å². The quantitative estimate of drug-likeness (QED) is 0.248. The number of unbranched alkanes of at least 4 members (excludes halogenated alkanes) is 7. The van der Waals surface area contributed by atoms with Crippen molar-refractivity contribution in [2.45, 2.75) is 110 Å². The Morgan fingerprint density at radius 3 is 1.74 bits per heavy atom. The van der Waals surface area contributed by atoms with Gasteiger partial charge in [-0.2, -0.15) is 0 Å². The average Bonchev–Trinajstić information content (AvgIpc) is 2.89. The van der Waals surface area contributed by atoms with Gasteiger partial charge in [0.05, 0.1) is 0 Å². The molecule has 1 aliphatic carbocycles. The van der Waals surface area contributed by atoms with Gasteiger partial charge in [-0.05, 0) is 85.9 Å². The Bertz CT molecular complexity index is 932. The van der Waals surface area contributed by atoms with Crippen LogP contribution in [0.2, 0.25) is 0 Å². The van der Waals surface area contributed by atoms with Crippen LogP contribution in [0, 0.1) is 29.6 Å². The molecule has 0 aliphatic heterocycles. The van der Waals surface area contributed by atoms with Gasteiger partial charge >= 0.3 is 0 Å². The molecule has 0 bridgehead atoms.